The minimum absolute atomic E-state index is 0.240. The van der Waals surface area contributed by atoms with Gasteiger partial charge in [0.2, 0.25) is 0 Å². The number of pyridine rings is 1. The maximum Gasteiger partial charge on any atom is 0.258 e. The summed E-state index contributed by atoms with van der Waals surface area (Å²) in [6.45, 7) is 1.70. The van der Waals surface area contributed by atoms with Gasteiger partial charge in [-0.2, -0.15) is 0 Å². The summed E-state index contributed by atoms with van der Waals surface area (Å²) < 4.78 is 26.7. The van der Waals surface area contributed by atoms with Crippen LogP contribution in [0.2, 0.25) is 0 Å². The van der Waals surface area contributed by atoms with Gasteiger partial charge in [0.15, 0.2) is 11.6 Å². The maximum atomic E-state index is 13.6. The third-order valence-electron chi connectivity index (χ3n) is 2.61. The molecule has 1 amide bonds. The molecule has 0 bridgehead atoms. The van der Waals surface area contributed by atoms with E-state index in [1.165, 1.54) is 24.4 Å². The van der Waals surface area contributed by atoms with Crippen molar-refractivity contribution in [1.82, 2.24) is 4.98 Å². The average molecular weight is 263 g/mol. The summed E-state index contributed by atoms with van der Waals surface area (Å²) in [5.74, 6) is -2.45. The Morgan fingerprint density at radius 3 is 2.79 bits per heavy atom. The number of amides is 1. The van der Waals surface area contributed by atoms with E-state index < -0.39 is 17.5 Å². The number of carbonyl (C=O) groups is 1. The summed E-state index contributed by atoms with van der Waals surface area (Å²) >= 11 is 0. The van der Waals surface area contributed by atoms with Crippen LogP contribution in [-0.4, -0.2) is 10.9 Å². The van der Waals surface area contributed by atoms with Crippen molar-refractivity contribution in [3.8, 4) is 0 Å². The number of nitrogens with two attached hydrogens (primary N) is 1. The third-order valence-corrected chi connectivity index (χ3v) is 2.61. The number of nitrogens with zero attached hydrogens (tertiary/aromatic N) is 1. The van der Waals surface area contributed by atoms with E-state index in [2.05, 4.69) is 10.3 Å². The van der Waals surface area contributed by atoms with Crippen molar-refractivity contribution in [2.45, 2.75) is 6.92 Å². The highest BCUT2D eigenvalue weighted by Gasteiger charge is 2.15. The molecule has 0 unspecified atom stereocenters. The molecule has 2 aromatic rings. The van der Waals surface area contributed by atoms with Crippen molar-refractivity contribution in [1.29, 1.82) is 0 Å². The first-order valence-electron chi connectivity index (χ1n) is 5.46. The fraction of sp³-hybridized carbons (Fsp3) is 0.0769. The molecule has 0 aliphatic carbocycles. The van der Waals surface area contributed by atoms with Gasteiger partial charge < -0.3 is 11.1 Å². The summed E-state index contributed by atoms with van der Waals surface area (Å²) in [7, 11) is 0. The van der Waals surface area contributed by atoms with Crippen LogP contribution in [0.4, 0.5) is 20.3 Å². The summed E-state index contributed by atoms with van der Waals surface area (Å²) in [6, 6.07) is 5.16. The lowest BCUT2D eigenvalue weighted by Gasteiger charge is -2.09. The van der Waals surface area contributed by atoms with E-state index in [-0.39, 0.29) is 17.1 Å². The number of aryl methyl sites for hydroxylation is 1. The van der Waals surface area contributed by atoms with Gasteiger partial charge in [0, 0.05) is 11.9 Å². The Hall–Kier alpha value is -2.50. The van der Waals surface area contributed by atoms with E-state index in [0.717, 1.165) is 6.07 Å². The number of rotatable bonds is 2. The van der Waals surface area contributed by atoms with Crippen LogP contribution in [0.25, 0.3) is 0 Å². The average Bonchev–Trinajstić information content (AvgIpc) is 2.37. The lowest BCUT2D eigenvalue weighted by atomic mass is 10.1. The van der Waals surface area contributed by atoms with Gasteiger partial charge in [-0.15, -0.1) is 0 Å². The molecule has 1 heterocycles. The standard InChI is InChI=1S/C13H11F2N3O/c1-7-2-3-8(14)6-10(7)18-13(19)9-4-5-17-12(16)11(9)15/h2-6H,1H3,(H2,16,17)(H,18,19). The molecule has 6 heteroatoms. The lowest BCUT2D eigenvalue weighted by Crippen LogP contribution is -2.16. The number of hydrogen-bond donors (Lipinski definition) is 2. The zero-order valence-electron chi connectivity index (χ0n) is 10.1. The minimum Gasteiger partial charge on any atom is -0.381 e. The molecule has 0 spiro atoms. The minimum atomic E-state index is -0.894. The molecule has 0 aliphatic rings. The Morgan fingerprint density at radius 1 is 1.32 bits per heavy atom. The summed E-state index contributed by atoms with van der Waals surface area (Å²) in [4.78, 5) is 15.4. The largest absolute Gasteiger partial charge is 0.381 e. The van der Waals surface area contributed by atoms with Crippen LogP contribution in [0, 0.1) is 18.6 Å². The van der Waals surface area contributed by atoms with Gasteiger partial charge in [-0.3, -0.25) is 4.79 Å². The van der Waals surface area contributed by atoms with Crippen molar-refractivity contribution >= 4 is 17.4 Å². The third kappa shape index (κ3) is 2.67. The van der Waals surface area contributed by atoms with Crippen LogP contribution in [0.15, 0.2) is 30.5 Å². The van der Waals surface area contributed by atoms with Gasteiger partial charge in [-0.05, 0) is 30.7 Å². The van der Waals surface area contributed by atoms with E-state index in [0.29, 0.717) is 5.56 Å². The number of benzene rings is 1. The Bertz CT molecular complexity index is 644. The molecule has 0 saturated carbocycles. The van der Waals surface area contributed by atoms with Crippen LogP contribution >= 0.6 is 0 Å². The topological polar surface area (TPSA) is 68.0 Å². The summed E-state index contributed by atoms with van der Waals surface area (Å²) in [5, 5.41) is 2.43. The van der Waals surface area contributed by atoms with Crippen LogP contribution in [0.3, 0.4) is 0 Å². The zero-order valence-corrected chi connectivity index (χ0v) is 10.1. The predicted octanol–water partition coefficient (Wildman–Crippen LogP) is 2.50. The van der Waals surface area contributed by atoms with Crippen LogP contribution < -0.4 is 11.1 Å². The first-order chi connectivity index (χ1) is 8.99. The van der Waals surface area contributed by atoms with Gasteiger partial charge >= 0.3 is 0 Å². The highest BCUT2D eigenvalue weighted by molar-refractivity contribution is 6.05. The van der Waals surface area contributed by atoms with Gasteiger partial charge in [0.25, 0.3) is 5.91 Å². The number of hydrogen-bond acceptors (Lipinski definition) is 3. The maximum absolute atomic E-state index is 13.6. The van der Waals surface area contributed by atoms with Crippen molar-refractivity contribution < 1.29 is 13.6 Å². The van der Waals surface area contributed by atoms with Crippen LogP contribution in [0.5, 0.6) is 0 Å². The number of nitrogen functional groups attached to an aromatic ring is 1. The first-order valence-corrected chi connectivity index (χ1v) is 5.46. The Balaban J connectivity index is 2.31. The smallest absolute Gasteiger partial charge is 0.258 e. The molecule has 0 radical (unpaired) electrons. The van der Waals surface area contributed by atoms with Gasteiger partial charge in [0.05, 0.1) is 5.56 Å². The van der Waals surface area contributed by atoms with Gasteiger partial charge in [-0.25, -0.2) is 13.8 Å². The Labute approximate surface area is 108 Å². The fourth-order valence-corrected chi connectivity index (χ4v) is 1.55. The molecule has 2 rings (SSSR count). The monoisotopic (exact) mass is 263 g/mol. The fourth-order valence-electron chi connectivity index (χ4n) is 1.55. The van der Waals surface area contributed by atoms with Crippen LogP contribution in [-0.2, 0) is 0 Å². The second-order valence-corrected chi connectivity index (χ2v) is 3.97. The number of halogens is 2. The normalized spacial score (nSPS) is 10.3. The molecular weight excluding hydrogens is 252 g/mol. The van der Waals surface area contributed by atoms with Crippen molar-refractivity contribution in [3.63, 3.8) is 0 Å². The summed E-state index contributed by atoms with van der Waals surface area (Å²) in [5.41, 5.74) is 5.98. The molecule has 0 saturated heterocycles. The Kier molecular flexibility index (Phi) is 3.41. The molecule has 0 atom stereocenters. The highest BCUT2D eigenvalue weighted by atomic mass is 19.1. The number of nitrogens with one attached hydrogen (secondary N) is 1. The summed E-state index contributed by atoms with van der Waals surface area (Å²) in [6.07, 6.45) is 1.23. The molecule has 3 N–H and O–H groups in total. The molecule has 0 fully saturated rings. The van der Waals surface area contributed by atoms with Gasteiger partial charge in [0.1, 0.15) is 5.82 Å². The van der Waals surface area contributed by atoms with Crippen molar-refractivity contribution in [3.05, 3.63) is 53.2 Å². The first kappa shape index (κ1) is 12.9. The molecule has 19 heavy (non-hydrogen) atoms. The molecule has 1 aromatic heterocycles. The molecule has 4 nitrogen and oxygen atoms in total. The van der Waals surface area contributed by atoms with E-state index >= 15 is 0 Å². The molecule has 98 valence electrons. The molecule has 1 aromatic carbocycles. The highest BCUT2D eigenvalue weighted by Crippen LogP contribution is 2.18. The Morgan fingerprint density at radius 2 is 2.05 bits per heavy atom. The van der Waals surface area contributed by atoms with Gasteiger partial charge in [-0.1, -0.05) is 6.07 Å². The lowest BCUT2D eigenvalue weighted by molar-refractivity contribution is 0.102. The van der Waals surface area contributed by atoms with Crippen molar-refractivity contribution in [2.24, 2.45) is 0 Å². The predicted molar refractivity (Wildman–Crippen MR) is 67.7 cm³/mol. The van der Waals surface area contributed by atoms with E-state index in [1.807, 2.05) is 0 Å². The quantitative estimate of drug-likeness (QED) is 0.874. The van der Waals surface area contributed by atoms with E-state index in [9.17, 15) is 13.6 Å². The second kappa shape index (κ2) is 5.01. The van der Waals surface area contributed by atoms with Crippen molar-refractivity contribution in [2.75, 3.05) is 11.1 Å². The van der Waals surface area contributed by atoms with E-state index in [1.54, 1.807) is 6.92 Å². The zero-order chi connectivity index (χ0) is 14.0. The SMILES string of the molecule is Cc1ccc(F)cc1NC(=O)c1ccnc(N)c1F. The molecule has 0 aliphatic heterocycles. The van der Waals surface area contributed by atoms with Crippen LogP contribution in [0.1, 0.15) is 15.9 Å². The number of anilines is 2. The second-order valence-electron chi connectivity index (χ2n) is 3.97. The van der Waals surface area contributed by atoms with E-state index in [4.69, 9.17) is 5.73 Å². The number of carbonyl (C=O) groups excluding carboxylic acids is 1. The molecular formula is C13H11F2N3O. The number of aromatic nitrogens is 1.